The summed E-state index contributed by atoms with van der Waals surface area (Å²) in [5.74, 6) is 2.97. The Morgan fingerprint density at radius 2 is 1.83 bits per heavy atom. The Morgan fingerprint density at radius 1 is 1.03 bits per heavy atom. The average molecular weight is 388 g/mol. The summed E-state index contributed by atoms with van der Waals surface area (Å²) in [6.07, 6.45) is 0.682. The van der Waals surface area contributed by atoms with Gasteiger partial charge in [-0.2, -0.15) is 10.2 Å². The summed E-state index contributed by atoms with van der Waals surface area (Å²) in [7, 11) is 1.70. The number of nitrogens with one attached hydrogen (secondary N) is 1. The van der Waals surface area contributed by atoms with Crippen molar-refractivity contribution in [3.63, 3.8) is 0 Å². The minimum atomic E-state index is 0.0405. The Labute approximate surface area is 169 Å². The molecule has 4 rings (SSSR count). The molecule has 2 aromatic carbocycles. The van der Waals surface area contributed by atoms with Crippen LogP contribution in [0.25, 0.3) is 28.5 Å². The monoisotopic (exact) mass is 388 g/mol. The van der Waals surface area contributed by atoms with Crippen LogP contribution in [0.1, 0.15) is 24.1 Å². The molecule has 0 saturated carbocycles. The summed E-state index contributed by atoms with van der Waals surface area (Å²) in [4.78, 5) is 9.28. The van der Waals surface area contributed by atoms with E-state index in [1.54, 1.807) is 7.11 Å². The second-order valence-corrected chi connectivity index (χ2v) is 7.18. The van der Waals surface area contributed by atoms with E-state index in [9.17, 15) is 0 Å². The molecule has 1 N–H and O–H groups in total. The van der Waals surface area contributed by atoms with Crippen molar-refractivity contribution in [1.82, 2.24) is 29.9 Å². The lowest BCUT2D eigenvalue weighted by Crippen LogP contribution is -2.10. The molecule has 4 aromatic rings. The molecule has 0 amide bonds. The van der Waals surface area contributed by atoms with Crippen molar-refractivity contribution in [2.45, 2.75) is 33.3 Å². The summed E-state index contributed by atoms with van der Waals surface area (Å²) in [5, 5.41) is 11.9. The van der Waals surface area contributed by atoms with Gasteiger partial charge >= 0.3 is 0 Å². The fourth-order valence-corrected chi connectivity index (χ4v) is 3.18. The quantitative estimate of drug-likeness (QED) is 0.541. The van der Waals surface area contributed by atoms with Crippen molar-refractivity contribution >= 4 is 0 Å². The van der Waals surface area contributed by atoms with Crippen molar-refractivity contribution in [3.05, 3.63) is 65.7 Å². The van der Waals surface area contributed by atoms with E-state index in [1.165, 1.54) is 5.56 Å². The van der Waals surface area contributed by atoms with Crippen molar-refractivity contribution in [2.75, 3.05) is 7.11 Å². The van der Waals surface area contributed by atoms with Gasteiger partial charge in [0.15, 0.2) is 17.5 Å². The summed E-state index contributed by atoms with van der Waals surface area (Å²) in [6, 6.07) is 16.3. The first-order valence-electron chi connectivity index (χ1n) is 9.59. The van der Waals surface area contributed by atoms with Gasteiger partial charge in [-0.25, -0.2) is 14.6 Å². The minimum Gasteiger partial charge on any atom is -0.381 e. The van der Waals surface area contributed by atoms with Gasteiger partial charge in [-0.3, -0.25) is 5.10 Å². The van der Waals surface area contributed by atoms with Crippen LogP contribution in [0.2, 0.25) is 0 Å². The zero-order valence-corrected chi connectivity index (χ0v) is 17.0. The predicted octanol–water partition coefficient (Wildman–Crippen LogP) is 3.91. The Morgan fingerprint density at radius 3 is 2.55 bits per heavy atom. The summed E-state index contributed by atoms with van der Waals surface area (Å²) < 4.78 is 7.30. The maximum atomic E-state index is 5.40. The van der Waals surface area contributed by atoms with E-state index in [0.717, 1.165) is 34.3 Å². The average Bonchev–Trinajstić information content (AvgIpc) is 3.34. The lowest BCUT2D eigenvalue weighted by Gasteiger charge is -2.07. The van der Waals surface area contributed by atoms with Gasteiger partial charge in [-0.1, -0.05) is 30.3 Å². The van der Waals surface area contributed by atoms with Gasteiger partial charge in [-0.05, 0) is 44.5 Å². The van der Waals surface area contributed by atoms with Gasteiger partial charge in [0.2, 0.25) is 0 Å². The van der Waals surface area contributed by atoms with Gasteiger partial charge in [0.05, 0.1) is 11.8 Å². The van der Waals surface area contributed by atoms with E-state index < -0.39 is 0 Å². The number of rotatable bonds is 6. The smallest absolute Gasteiger partial charge is 0.181 e. The molecule has 0 bridgehead atoms. The number of methoxy groups -OCH3 is 1. The van der Waals surface area contributed by atoms with Crippen LogP contribution in [-0.2, 0) is 11.2 Å². The number of nitrogens with zero attached hydrogens (tertiary/aromatic N) is 5. The van der Waals surface area contributed by atoms with Gasteiger partial charge in [0.25, 0.3) is 0 Å². The third-order valence-corrected chi connectivity index (χ3v) is 4.75. The normalized spacial score (nSPS) is 12.3. The van der Waals surface area contributed by atoms with E-state index in [-0.39, 0.29) is 6.10 Å². The SMILES string of the molecule is COC(C)Cc1nc(-c2cccc(-c3n[nH]c(C)n3)c2)n(-c2cccc(C)c2)n1. The fourth-order valence-electron chi connectivity index (χ4n) is 3.18. The molecule has 2 aromatic heterocycles. The van der Waals surface area contributed by atoms with E-state index in [1.807, 2.05) is 54.9 Å². The third kappa shape index (κ3) is 4.09. The molecule has 1 atom stereocenters. The molecule has 0 aliphatic rings. The topological polar surface area (TPSA) is 81.5 Å². The molecule has 2 heterocycles. The number of benzene rings is 2. The van der Waals surface area contributed by atoms with Gasteiger partial charge in [0.1, 0.15) is 5.82 Å². The zero-order chi connectivity index (χ0) is 20.4. The largest absolute Gasteiger partial charge is 0.381 e. The molecular weight excluding hydrogens is 364 g/mol. The molecule has 0 fully saturated rings. The fraction of sp³-hybridized carbons (Fsp3) is 0.273. The first-order valence-corrected chi connectivity index (χ1v) is 9.59. The Balaban J connectivity index is 1.81. The molecule has 29 heavy (non-hydrogen) atoms. The number of aromatic amines is 1. The van der Waals surface area contributed by atoms with Crippen LogP contribution in [-0.4, -0.2) is 43.2 Å². The highest BCUT2D eigenvalue weighted by atomic mass is 16.5. The molecule has 0 saturated heterocycles. The standard InChI is InChI=1S/C22H24N6O/c1-14-7-5-10-19(11-14)28-22(24-20(27-28)12-15(2)29-4)18-9-6-8-17(13-18)21-23-16(3)25-26-21/h5-11,13,15H,12H2,1-4H3,(H,23,25,26). The minimum absolute atomic E-state index is 0.0405. The molecule has 7 heteroatoms. The number of aromatic nitrogens is 6. The number of ether oxygens (including phenoxy) is 1. The van der Waals surface area contributed by atoms with Crippen LogP contribution in [0.4, 0.5) is 0 Å². The molecule has 0 radical (unpaired) electrons. The molecule has 7 nitrogen and oxygen atoms in total. The predicted molar refractivity (Wildman–Crippen MR) is 112 cm³/mol. The number of hydrogen-bond donors (Lipinski definition) is 1. The van der Waals surface area contributed by atoms with Gasteiger partial charge in [0, 0.05) is 24.7 Å². The second-order valence-electron chi connectivity index (χ2n) is 7.18. The van der Waals surface area contributed by atoms with Crippen molar-refractivity contribution < 1.29 is 4.74 Å². The Kier molecular flexibility index (Phi) is 5.22. The van der Waals surface area contributed by atoms with Crippen LogP contribution >= 0.6 is 0 Å². The number of H-pyrrole nitrogens is 1. The first-order chi connectivity index (χ1) is 14.0. The third-order valence-electron chi connectivity index (χ3n) is 4.75. The Hall–Kier alpha value is -3.32. The molecule has 0 aliphatic carbocycles. The highest BCUT2D eigenvalue weighted by Crippen LogP contribution is 2.26. The van der Waals surface area contributed by atoms with Crippen LogP contribution in [0.3, 0.4) is 0 Å². The zero-order valence-electron chi connectivity index (χ0n) is 17.0. The van der Waals surface area contributed by atoms with E-state index in [4.69, 9.17) is 14.8 Å². The molecular formula is C22H24N6O. The van der Waals surface area contributed by atoms with Crippen LogP contribution in [0.5, 0.6) is 0 Å². The molecule has 148 valence electrons. The van der Waals surface area contributed by atoms with Crippen LogP contribution < -0.4 is 0 Å². The first kappa shape index (κ1) is 19.0. The molecule has 0 spiro atoms. The van der Waals surface area contributed by atoms with Crippen molar-refractivity contribution in [1.29, 1.82) is 0 Å². The van der Waals surface area contributed by atoms with E-state index in [2.05, 4.69) is 34.2 Å². The molecule has 1 unspecified atom stereocenters. The number of aryl methyl sites for hydroxylation is 2. The molecule has 0 aliphatic heterocycles. The van der Waals surface area contributed by atoms with Gasteiger partial charge in [-0.15, -0.1) is 0 Å². The lowest BCUT2D eigenvalue weighted by molar-refractivity contribution is 0.117. The number of hydrogen-bond acceptors (Lipinski definition) is 5. The van der Waals surface area contributed by atoms with Gasteiger partial charge < -0.3 is 4.74 Å². The lowest BCUT2D eigenvalue weighted by atomic mass is 10.1. The highest BCUT2D eigenvalue weighted by Gasteiger charge is 2.17. The van der Waals surface area contributed by atoms with Crippen molar-refractivity contribution in [3.8, 4) is 28.5 Å². The van der Waals surface area contributed by atoms with Crippen molar-refractivity contribution in [2.24, 2.45) is 0 Å². The van der Waals surface area contributed by atoms with E-state index in [0.29, 0.717) is 12.2 Å². The maximum Gasteiger partial charge on any atom is 0.181 e. The summed E-state index contributed by atoms with van der Waals surface area (Å²) in [6.45, 7) is 5.97. The van der Waals surface area contributed by atoms with Crippen LogP contribution in [0.15, 0.2) is 48.5 Å². The second kappa shape index (κ2) is 7.97. The summed E-state index contributed by atoms with van der Waals surface area (Å²) in [5.41, 5.74) is 4.02. The summed E-state index contributed by atoms with van der Waals surface area (Å²) >= 11 is 0. The van der Waals surface area contributed by atoms with E-state index >= 15 is 0 Å². The highest BCUT2D eigenvalue weighted by molar-refractivity contribution is 5.67. The Bertz CT molecular complexity index is 1130. The maximum absolute atomic E-state index is 5.40. The van der Waals surface area contributed by atoms with Crippen LogP contribution in [0, 0.1) is 13.8 Å².